The zero-order valence-electron chi connectivity index (χ0n) is 14.0. The lowest BCUT2D eigenvalue weighted by Crippen LogP contribution is -2.10. The van der Waals surface area contributed by atoms with Crippen LogP contribution in [-0.2, 0) is 6.18 Å². The first-order valence-corrected chi connectivity index (χ1v) is 7.99. The van der Waals surface area contributed by atoms with Crippen molar-refractivity contribution in [1.29, 1.82) is 5.26 Å². The minimum Gasteiger partial charge on any atom is -0.320 e. The summed E-state index contributed by atoms with van der Waals surface area (Å²) in [6.07, 6.45) is -4.58. The summed E-state index contributed by atoms with van der Waals surface area (Å²) in [7, 11) is 0. The molecule has 2 N–H and O–H groups in total. The summed E-state index contributed by atoms with van der Waals surface area (Å²) in [6, 6.07) is 14.0. The van der Waals surface area contributed by atoms with Crippen molar-refractivity contribution in [2.24, 2.45) is 0 Å². The second-order valence-electron chi connectivity index (χ2n) is 5.73. The summed E-state index contributed by atoms with van der Waals surface area (Å²) in [5.41, 5.74) is -0.548. The Labute approximate surface area is 155 Å². The highest BCUT2D eigenvalue weighted by molar-refractivity contribution is 5.91. The van der Waals surface area contributed by atoms with Gasteiger partial charge in [-0.25, -0.2) is 4.98 Å². The second kappa shape index (κ2) is 6.62. The van der Waals surface area contributed by atoms with E-state index in [1.807, 2.05) is 18.2 Å². The topological polar surface area (TPSA) is 103 Å². The van der Waals surface area contributed by atoms with Gasteiger partial charge in [-0.15, -0.1) is 10.2 Å². The molecule has 0 saturated carbocycles. The molecule has 0 aliphatic carbocycles. The summed E-state index contributed by atoms with van der Waals surface area (Å²) < 4.78 is 39.9. The molecule has 2 heterocycles. The van der Waals surface area contributed by atoms with E-state index in [0.717, 1.165) is 17.0 Å². The van der Waals surface area contributed by atoms with E-state index in [1.54, 1.807) is 12.1 Å². The van der Waals surface area contributed by atoms with Gasteiger partial charge in [0.05, 0.1) is 11.1 Å². The lowest BCUT2D eigenvalue weighted by Gasteiger charge is -2.12. The molecule has 10 heteroatoms. The Kier molecular flexibility index (Phi) is 4.12. The average Bonchev–Trinajstić information content (AvgIpc) is 3.10. The van der Waals surface area contributed by atoms with Crippen molar-refractivity contribution >= 4 is 22.5 Å². The molecule has 0 aliphatic rings. The highest BCUT2D eigenvalue weighted by atomic mass is 19.4. The smallest absolute Gasteiger partial charge is 0.320 e. The van der Waals surface area contributed by atoms with Gasteiger partial charge in [0, 0.05) is 10.9 Å². The molecule has 7 nitrogen and oxygen atoms in total. The number of nitrogens with zero attached hydrogens (tertiary/aromatic N) is 5. The Morgan fingerprint density at radius 2 is 1.71 bits per heavy atom. The van der Waals surface area contributed by atoms with Crippen LogP contribution >= 0.6 is 0 Å². The number of benzene rings is 2. The molecule has 0 unspecified atom stereocenters. The normalized spacial score (nSPS) is 11.4. The number of aromatic nitrogens is 5. The molecule has 0 saturated heterocycles. The summed E-state index contributed by atoms with van der Waals surface area (Å²) >= 11 is 0. The predicted molar refractivity (Wildman–Crippen MR) is 94.4 cm³/mol. The van der Waals surface area contributed by atoms with E-state index < -0.39 is 11.7 Å². The zero-order chi connectivity index (χ0) is 19.7. The molecule has 138 valence electrons. The average molecular weight is 381 g/mol. The number of nitriles is 1. The molecule has 0 atom stereocenters. The number of rotatable bonds is 3. The number of fused-ring (bicyclic) bond motifs is 1. The van der Waals surface area contributed by atoms with E-state index in [4.69, 9.17) is 0 Å². The standard InChI is InChI=1S/C18H10F3N7/c19-18(20,21)12-7-3-1-5-10(12)15-23-17(14(9-22)26-27-15)24-16-11-6-2-4-8-13(11)25-28-16/h1-8H,(H2,23,24,25,27,28). The third-order valence-corrected chi connectivity index (χ3v) is 3.97. The van der Waals surface area contributed by atoms with E-state index in [2.05, 4.69) is 30.7 Å². The minimum atomic E-state index is -4.58. The van der Waals surface area contributed by atoms with Gasteiger partial charge in [-0.2, -0.15) is 23.5 Å². The van der Waals surface area contributed by atoms with Crippen molar-refractivity contribution in [3.8, 4) is 17.5 Å². The largest absolute Gasteiger partial charge is 0.417 e. The highest BCUT2D eigenvalue weighted by Crippen LogP contribution is 2.36. The molecule has 4 aromatic rings. The number of H-pyrrole nitrogens is 1. The molecule has 2 aromatic carbocycles. The van der Waals surface area contributed by atoms with Gasteiger partial charge in [-0.3, -0.25) is 5.10 Å². The molecule has 0 amide bonds. The summed E-state index contributed by atoms with van der Waals surface area (Å²) in [6.45, 7) is 0. The molecule has 0 spiro atoms. The van der Waals surface area contributed by atoms with Crippen LogP contribution in [0.25, 0.3) is 22.3 Å². The third kappa shape index (κ3) is 3.09. The number of halogens is 3. The Bertz CT molecular complexity index is 1210. The Balaban J connectivity index is 1.81. The maximum Gasteiger partial charge on any atom is 0.417 e. The van der Waals surface area contributed by atoms with E-state index in [-0.39, 0.29) is 22.9 Å². The van der Waals surface area contributed by atoms with Crippen molar-refractivity contribution in [3.63, 3.8) is 0 Å². The summed E-state index contributed by atoms with van der Waals surface area (Å²) in [5, 5.41) is 27.2. The molecule has 28 heavy (non-hydrogen) atoms. The van der Waals surface area contributed by atoms with Gasteiger partial charge < -0.3 is 5.32 Å². The maximum atomic E-state index is 13.3. The number of aromatic amines is 1. The summed E-state index contributed by atoms with van der Waals surface area (Å²) in [4.78, 5) is 4.11. The first-order valence-electron chi connectivity index (χ1n) is 7.99. The van der Waals surface area contributed by atoms with Crippen molar-refractivity contribution in [2.45, 2.75) is 6.18 Å². The second-order valence-corrected chi connectivity index (χ2v) is 5.73. The number of para-hydroxylation sites is 1. The van der Waals surface area contributed by atoms with Gasteiger partial charge in [0.25, 0.3) is 0 Å². The number of anilines is 2. The van der Waals surface area contributed by atoms with Crippen LogP contribution in [-0.4, -0.2) is 25.4 Å². The van der Waals surface area contributed by atoms with Crippen LogP contribution in [0.4, 0.5) is 24.8 Å². The number of hydrogen-bond acceptors (Lipinski definition) is 6. The first-order chi connectivity index (χ1) is 13.5. The zero-order valence-corrected chi connectivity index (χ0v) is 14.0. The van der Waals surface area contributed by atoms with E-state index in [9.17, 15) is 18.4 Å². The Hall–Kier alpha value is -4.00. The monoisotopic (exact) mass is 381 g/mol. The van der Waals surface area contributed by atoms with Gasteiger partial charge in [0.15, 0.2) is 17.5 Å². The van der Waals surface area contributed by atoms with Crippen molar-refractivity contribution in [1.82, 2.24) is 25.4 Å². The Morgan fingerprint density at radius 3 is 2.50 bits per heavy atom. The third-order valence-electron chi connectivity index (χ3n) is 3.97. The SMILES string of the molecule is N#Cc1nnc(-c2ccccc2C(F)(F)F)nc1Nc1n[nH]c2ccccc12. The molecule has 0 aliphatic heterocycles. The van der Waals surface area contributed by atoms with Crippen LogP contribution < -0.4 is 5.32 Å². The van der Waals surface area contributed by atoms with Crippen LogP contribution in [0.3, 0.4) is 0 Å². The fourth-order valence-corrected chi connectivity index (χ4v) is 2.70. The van der Waals surface area contributed by atoms with Crippen LogP contribution in [0, 0.1) is 11.3 Å². The minimum absolute atomic E-state index is 0.0401. The molecule has 4 rings (SSSR count). The van der Waals surface area contributed by atoms with Crippen molar-refractivity contribution in [2.75, 3.05) is 5.32 Å². The predicted octanol–water partition coefficient (Wildman–Crippen LogP) is 4.05. The van der Waals surface area contributed by atoms with Crippen LogP contribution in [0.1, 0.15) is 11.3 Å². The van der Waals surface area contributed by atoms with Gasteiger partial charge in [-0.1, -0.05) is 30.3 Å². The molecule has 0 radical (unpaired) electrons. The van der Waals surface area contributed by atoms with Crippen LogP contribution in [0.5, 0.6) is 0 Å². The maximum absolute atomic E-state index is 13.3. The number of alkyl halides is 3. The molecule has 0 fully saturated rings. The van der Waals surface area contributed by atoms with Crippen molar-refractivity contribution in [3.05, 3.63) is 59.8 Å². The fourth-order valence-electron chi connectivity index (χ4n) is 2.70. The lowest BCUT2D eigenvalue weighted by molar-refractivity contribution is -0.137. The van der Waals surface area contributed by atoms with E-state index >= 15 is 0 Å². The van der Waals surface area contributed by atoms with Crippen molar-refractivity contribution < 1.29 is 13.2 Å². The van der Waals surface area contributed by atoms with Gasteiger partial charge in [0.2, 0.25) is 5.69 Å². The lowest BCUT2D eigenvalue weighted by atomic mass is 10.1. The number of nitrogens with one attached hydrogen (secondary N) is 2. The van der Waals surface area contributed by atoms with E-state index in [1.165, 1.54) is 18.2 Å². The molecular weight excluding hydrogens is 371 g/mol. The Morgan fingerprint density at radius 1 is 0.964 bits per heavy atom. The molecule has 2 aromatic heterocycles. The molecule has 0 bridgehead atoms. The van der Waals surface area contributed by atoms with Crippen LogP contribution in [0.15, 0.2) is 48.5 Å². The number of hydrogen-bond donors (Lipinski definition) is 2. The fraction of sp³-hybridized carbons (Fsp3) is 0.0556. The van der Waals surface area contributed by atoms with Gasteiger partial charge >= 0.3 is 6.18 Å². The quantitative estimate of drug-likeness (QED) is 0.555. The molecular formula is C18H10F3N7. The van der Waals surface area contributed by atoms with Crippen LogP contribution in [0.2, 0.25) is 0 Å². The van der Waals surface area contributed by atoms with Gasteiger partial charge in [0.1, 0.15) is 6.07 Å². The first kappa shape index (κ1) is 17.4. The van der Waals surface area contributed by atoms with E-state index in [0.29, 0.717) is 5.82 Å². The summed E-state index contributed by atoms with van der Waals surface area (Å²) in [5.74, 6) is 0.0682. The van der Waals surface area contributed by atoms with Gasteiger partial charge in [-0.05, 0) is 18.2 Å². The highest BCUT2D eigenvalue weighted by Gasteiger charge is 2.34.